The van der Waals surface area contributed by atoms with Crippen LogP contribution in [0.3, 0.4) is 0 Å². The predicted octanol–water partition coefficient (Wildman–Crippen LogP) is 2.91. The normalized spacial score (nSPS) is 17.0. The molecule has 0 aromatic rings. The minimum Gasteiger partial charge on any atom is -0.103 e. The molecule has 11 heavy (non-hydrogen) atoms. The van der Waals surface area contributed by atoms with E-state index < -0.39 is 17.6 Å². The van der Waals surface area contributed by atoms with E-state index in [2.05, 4.69) is 45.8 Å². The summed E-state index contributed by atoms with van der Waals surface area (Å²) in [4.78, 5) is 0. The molecule has 1 unspecified atom stereocenters. The summed E-state index contributed by atoms with van der Waals surface area (Å²) in [6.45, 7) is 16.1. The van der Waals surface area contributed by atoms with Crippen molar-refractivity contribution in [1.29, 1.82) is 0 Å². The lowest BCUT2D eigenvalue weighted by Gasteiger charge is -2.30. The third kappa shape index (κ3) is 3.38. The van der Waals surface area contributed by atoms with Gasteiger partial charge in [0.15, 0.2) is 0 Å². The largest absolute Gasteiger partial charge is 0.103 e. The molecule has 66 valence electrons. The van der Waals surface area contributed by atoms with E-state index in [1.807, 2.05) is 0 Å². The number of rotatable bonds is 4. The van der Waals surface area contributed by atoms with Gasteiger partial charge >= 0.3 is 0 Å². The summed E-state index contributed by atoms with van der Waals surface area (Å²) in [5.41, 5.74) is 0. The van der Waals surface area contributed by atoms with Crippen LogP contribution < -0.4 is 0 Å². The van der Waals surface area contributed by atoms with Gasteiger partial charge in [-0.05, 0) is 5.04 Å². The quantitative estimate of drug-likeness (QED) is 0.468. The van der Waals surface area contributed by atoms with Gasteiger partial charge in [-0.3, -0.25) is 0 Å². The van der Waals surface area contributed by atoms with Crippen LogP contribution in [0.15, 0.2) is 12.7 Å². The average molecular weight is 186 g/mol. The van der Waals surface area contributed by atoms with Gasteiger partial charge in [-0.1, -0.05) is 45.2 Å². The van der Waals surface area contributed by atoms with Crippen molar-refractivity contribution >= 4 is 17.6 Å². The maximum Gasteiger partial charge on any atom is 0.0411 e. The zero-order valence-corrected chi connectivity index (χ0v) is 11.0. The number of hydrogen-bond acceptors (Lipinski definition) is 0. The molecular formula is C9H22Si2. The molecule has 0 saturated carbocycles. The van der Waals surface area contributed by atoms with Crippen molar-refractivity contribution in [3.63, 3.8) is 0 Å². The first kappa shape index (κ1) is 11.2. The minimum atomic E-state index is -0.540. The summed E-state index contributed by atoms with van der Waals surface area (Å²) in [5.74, 6) is 0. The number of allylic oxidation sites excluding steroid dienone is 1. The second kappa shape index (κ2) is 4.26. The Kier molecular flexibility index (Phi) is 4.33. The fourth-order valence-corrected chi connectivity index (χ4v) is 7.13. The van der Waals surface area contributed by atoms with Gasteiger partial charge in [0, 0.05) is 17.6 Å². The summed E-state index contributed by atoms with van der Waals surface area (Å²) in [7, 11) is -0.946. The van der Waals surface area contributed by atoms with Crippen molar-refractivity contribution in [1.82, 2.24) is 0 Å². The van der Waals surface area contributed by atoms with Crippen LogP contribution in [0.4, 0.5) is 0 Å². The maximum absolute atomic E-state index is 3.96. The van der Waals surface area contributed by atoms with Crippen LogP contribution in [-0.2, 0) is 0 Å². The van der Waals surface area contributed by atoms with Crippen molar-refractivity contribution in [2.75, 3.05) is 0 Å². The van der Waals surface area contributed by atoms with Gasteiger partial charge in [-0.25, -0.2) is 0 Å². The summed E-state index contributed by atoms with van der Waals surface area (Å²) in [6, 6.07) is 1.44. The topological polar surface area (TPSA) is 0 Å². The lowest BCUT2D eigenvalue weighted by atomic mass is 10.2. The third-order valence-corrected chi connectivity index (χ3v) is 7.91. The van der Waals surface area contributed by atoms with Crippen molar-refractivity contribution < 1.29 is 0 Å². The number of hydrogen-bond donors (Lipinski definition) is 0. The minimum absolute atomic E-state index is 0.406. The van der Waals surface area contributed by atoms with Gasteiger partial charge in [0.2, 0.25) is 0 Å². The summed E-state index contributed by atoms with van der Waals surface area (Å²) < 4.78 is 0. The van der Waals surface area contributed by atoms with E-state index in [9.17, 15) is 0 Å². The van der Waals surface area contributed by atoms with E-state index in [0.717, 1.165) is 0 Å². The summed E-state index contributed by atoms with van der Waals surface area (Å²) in [6.07, 6.45) is 2.21. The smallest absolute Gasteiger partial charge is 0.0411 e. The molecule has 0 radical (unpaired) electrons. The Bertz CT molecular complexity index is 130. The third-order valence-electron chi connectivity index (χ3n) is 2.63. The molecule has 0 spiro atoms. The molecule has 0 N–H and O–H groups in total. The van der Waals surface area contributed by atoms with Gasteiger partial charge in [-0.15, -0.1) is 6.58 Å². The van der Waals surface area contributed by atoms with Gasteiger partial charge < -0.3 is 0 Å². The van der Waals surface area contributed by atoms with Gasteiger partial charge in [0.1, 0.15) is 0 Å². The Morgan fingerprint density at radius 1 is 1.27 bits per heavy atom. The Balaban J connectivity index is 4.22. The highest BCUT2D eigenvalue weighted by molar-refractivity contribution is 6.65. The van der Waals surface area contributed by atoms with Crippen molar-refractivity contribution in [2.45, 2.75) is 44.2 Å². The monoisotopic (exact) mass is 186 g/mol. The standard InChI is InChI=1S/C9H22Si2/c1-7-9(2,11(5)6)8-10(3)4/h7,10-11H,1,8H2,2-6H3. The van der Waals surface area contributed by atoms with Gasteiger partial charge in [0.05, 0.1) is 0 Å². The van der Waals surface area contributed by atoms with E-state index >= 15 is 0 Å². The zero-order valence-electron chi connectivity index (χ0n) is 8.65. The Morgan fingerprint density at radius 3 is 1.82 bits per heavy atom. The fraction of sp³-hybridized carbons (Fsp3) is 0.778. The molecule has 0 saturated heterocycles. The highest BCUT2D eigenvalue weighted by Gasteiger charge is 2.26. The van der Waals surface area contributed by atoms with Crippen LogP contribution in [0, 0.1) is 0 Å². The first-order chi connectivity index (χ1) is 4.92. The molecule has 0 amide bonds. The molecule has 0 fully saturated rings. The molecule has 0 aliphatic carbocycles. The molecule has 0 aromatic carbocycles. The first-order valence-electron chi connectivity index (χ1n) is 4.56. The lowest BCUT2D eigenvalue weighted by Crippen LogP contribution is -2.25. The Morgan fingerprint density at radius 2 is 1.73 bits per heavy atom. The molecule has 0 nitrogen and oxygen atoms in total. The van der Waals surface area contributed by atoms with Crippen molar-refractivity contribution in [2.24, 2.45) is 0 Å². The molecule has 0 aromatic heterocycles. The van der Waals surface area contributed by atoms with Crippen LogP contribution in [0.25, 0.3) is 0 Å². The van der Waals surface area contributed by atoms with Crippen molar-refractivity contribution in [3.05, 3.63) is 12.7 Å². The van der Waals surface area contributed by atoms with Crippen LogP contribution >= 0.6 is 0 Å². The van der Waals surface area contributed by atoms with Crippen LogP contribution in [0.2, 0.25) is 37.3 Å². The lowest BCUT2D eigenvalue weighted by molar-refractivity contribution is 0.822. The second-order valence-electron chi connectivity index (χ2n) is 4.46. The predicted molar refractivity (Wildman–Crippen MR) is 61.1 cm³/mol. The first-order valence-corrected chi connectivity index (χ1v) is 10.6. The average Bonchev–Trinajstić information content (AvgIpc) is 1.86. The maximum atomic E-state index is 3.96. The van der Waals surface area contributed by atoms with E-state index in [-0.39, 0.29) is 0 Å². The second-order valence-corrected chi connectivity index (χ2v) is 11.3. The molecule has 0 aliphatic rings. The van der Waals surface area contributed by atoms with E-state index in [0.29, 0.717) is 5.04 Å². The molecule has 1 atom stereocenters. The summed E-state index contributed by atoms with van der Waals surface area (Å²) >= 11 is 0. The molecule has 2 heteroatoms. The van der Waals surface area contributed by atoms with E-state index in [1.54, 1.807) is 0 Å². The molecule has 0 bridgehead atoms. The highest BCUT2D eigenvalue weighted by atomic mass is 28.3. The van der Waals surface area contributed by atoms with Crippen LogP contribution in [0.5, 0.6) is 0 Å². The van der Waals surface area contributed by atoms with Crippen molar-refractivity contribution in [3.8, 4) is 0 Å². The van der Waals surface area contributed by atoms with Crippen LogP contribution in [0.1, 0.15) is 6.92 Å². The molecular weight excluding hydrogens is 164 g/mol. The molecule has 0 aliphatic heterocycles. The fourth-order valence-electron chi connectivity index (χ4n) is 1.43. The molecule has 0 heterocycles. The SMILES string of the molecule is C=CC(C)(C[SiH](C)C)[SiH](C)C. The highest BCUT2D eigenvalue weighted by Crippen LogP contribution is 2.36. The van der Waals surface area contributed by atoms with Crippen LogP contribution in [-0.4, -0.2) is 17.6 Å². The Hall–Kier alpha value is 0.174. The zero-order chi connectivity index (χ0) is 9.07. The van der Waals surface area contributed by atoms with Gasteiger partial charge in [0.25, 0.3) is 0 Å². The van der Waals surface area contributed by atoms with E-state index in [1.165, 1.54) is 6.04 Å². The van der Waals surface area contributed by atoms with E-state index in [4.69, 9.17) is 0 Å². The Labute approximate surface area is 74.9 Å². The molecule has 0 rings (SSSR count). The van der Waals surface area contributed by atoms with Gasteiger partial charge in [-0.2, -0.15) is 0 Å². The summed E-state index contributed by atoms with van der Waals surface area (Å²) in [5, 5.41) is 0.528.